The molecule has 2 aromatic heterocycles. The molecule has 2 aromatic rings. The van der Waals surface area contributed by atoms with Crippen molar-refractivity contribution in [3.8, 4) is 0 Å². The number of nitrogen functional groups attached to an aromatic ring is 1. The Morgan fingerprint density at radius 2 is 1.89 bits per heavy atom. The van der Waals surface area contributed by atoms with Crippen LogP contribution in [0.5, 0.6) is 0 Å². The van der Waals surface area contributed by atoms with Gasteiger partial charge in [-0.15, -0.1) is 0 Å². The second-order valence-electron chi connectivity index (χ2n) is 4.74. The molecule has 19 heavy (non-hydrogen) atoms. The minimum atomic E-state index is -0.255. The Labute approximate surface area is 113 Å². The number of aryl methyl sites for hydroxylation is 3. The van der Waals surface area contributed by atoms with Gasteiger partial charge in [0.1, 0.15) is 5.82 Å². The molecule has 5 nitrogen and oxygen atoms in total. The molecule has 5 heteroatoms. The normalized spacial score (nSPS) is 12.4. The molecule has 0 fully saturated rings. The van der Waals surface area contributed by atoms with Gasteiger partial charge < -0.3 is 5.73 Å². The fourth-order valence-corrected chi connectivity index (χ4v) is 2.29. The molecule has 1 unspecified atom stereocenters. The molecule has 0 bridgehead atoms. The summed E-state index contributed by atoms with van der Waals surface area (Å²) in [6, 6.07) is 3.74. The largest absolute Gasteiger partial charge is 0.383 e. The maximum Gasteiger partial charge on any atom is 0.128 e. The third kappa shape index (κ3) is 2.57. The summed E-state index contributed by atoms with van der Waals surface area (Å²) in [6.45, 7) is 6.02. The number of anilines is 1. The molecule has 100 valence electrons. The summed E-state index contributed by atoms with van der Waals surface area (Å²) in [5, 5.41) is 0. The maximum atomic E-state index is 5.98. The van der Waals surface area contributed by atoms with E-state index in [0.717, 1.165) is 27.9 Å². The smallest absolute Gasteiger partial charge is 0.128 e. The van der Waals surface area contributed by atoms with Gasteiger partial charge in [0.05, 0.1) is 11.7 Å². The van der Waals surface area contributed by atoms with Gasteiger partial charge >= 0.3 is 0 Å². The lowest BCUT2D eigenvalue weighted by molar-refractivity contribution is 0.613. The summed E-state index contributed by atoms with van der Waals surface area (Å²) in [6.07, 6.45) is 3.52. The highest BCUT2D eigenvalue weighted by Gasteiger charge is 2.21. The Kier molecular flexibility index (Phi) is 3.78. The van der Waals surface area contributed by atoms with Crippen molar-refractivity contribution in [2.45, 2.75) is 26.8 Å². The molecular weight excluding hydrogens is 238 g/mol. The first kappa shape index (κ1) is 13.5. The van der Waals surface area contributed by atoms with Crippen LogP contribution in [-0.4, -0.2) is 9.97 Å². The van der Waals surface area contributed by atoms with Crippen molar-refractivity contribution in [2.75, 3.05) is 5.73 Å². The van der Waals surface area contributed by atoms with E-state index in [1.54, 1.807) is 6.20 Å². The third-order valence-corrected chi connectivity index (χ3v) is 3.22. The molecule has 1 atom stereocenters. The summed E-state index contributed by atoms with van der Waals surface area (Å²) in [5.74, 6) is 6.18. The van der Waals surface area contributed by atoms with Gasteiger partial charge in [-0.2, -0.15) is 0 Å². The Bertz CT molecular complexity index is 574. The summed E-state index contributed by atoms with van der Waals surface area (Å²) in [5.41, 5.74) is 13.8. The van der Waals surface area contributed by atoms with E-state index in [1.807, 2.05) is 33.0 Å². The second kappa shape index (κ2) is 5.34. The number of rotatable bonds is 3. The van der Waals surface area contributed by atoms with Crippen LogP contribution in [0.2, 0.25) is 0 Å². The van der Waals surface area contributed by atoms with Crippen molar-refractivity contribution in [1.82, 2.24) is 15.4 Å². The van der Waals surface area contributed by atoms with Crippen molar-refractivity contribution < 1.29 is 0 Å². The van der Waals surface area contributed by atoms with Crippen LogP contribution >= 0.6 is 0 Å². The average molecular weight is 257 g/mol. The van der Waals surface area contributed by atoms with Gasteiger partial charge in [0.15, 0.2) is 0 Å². The number of nitrogens with two attached hydrogens (primary N) is 2. The lowest BCUT2D eigenvalue weighted by Gasteiger charge is -2.21. The van der Waals surface area contributed by atoms with Gasteiger partial charge in [0, 0.05) is 18.0 Å². The van der Waals surface area contributed by atoms with E-state index in [0.29, 0.717) is 5.82 Å². The number of hydrogen-bond acceptors (Lipinski definition) is 5. The quantitative estimate of drug-likeness (QED) is 0.573. The Morgan fingerprint density at radius 3 is 2.47 bits per heavy atom. The van der Waals surface area contributed by atoms with E-state index in [4.69, 9.17) is 11.6 Å². The SMILES string of the molecule is Cc1cnc(C(NN)c2c(C)ccnc2N)c(C)c1. The number of aromatic nitrogens is 2. The lowest BCUT2D eigenvalue weighted by atomic mass is 9.97. The second-order valence-corrected chi connectivity index (χ2v) is 4.74. The molecule has 2 heterocycles. The van der Waals surface area contributed by atoms with E-state index in [9.17, 15) is 0 Å². The van der Waals surface area contributed by atoms with Crippen LogP contribution in [0.25, 0.3) is 0 Å². The van der Waals surface area contributed by atoms with E-state index in [-0.39, 0.29) is 6.04 Å². The van der Waals surface area contributed by atoms with Gasteiger partial charge in [-0.3, -0.25) is 10.8 Å². The molecule has 0 aliphatic carbocycles. The zero-order valence-corrected chi connectivity index (χ0v) is 11.4. The number of pyridine rings is 2. The van der Waals surface area contributed by atoms with Crippen LogP contribution in [0.1, 0.15) is 34.0 Å². The molecule has 0 saturated heterocycles. The highest BCUT2D eigenvalue weighted by Crippen LogP contribution is 2.28. The predicted octanol–water partition coefficient (Wildman–Crippen LogP) is 1.54. The first-order valence-electron chi connectivity index (χ1n) is 6.15. The van der Waals surface area contributed by atoms with Gasteiger partial charge in [0.2, 0.25) is 0 Å². The highest BCUT2D eigenvalue weighted by molar-refractivity contribution is 5.49. The van der Waals surface area contributed by atoms with Crippen LogP contribution < -0.4 is 17.0 Å². The molecular formula is C14H19N5. The molecule has 0 amide bonds. The molecule has 5 N–H and O–H groups in total. The zero-order chi connectivity index (χ0) is 14.0. The van der Waals surface area contributed by atoms with Crippen molar-refractivity contribution in [3.63, 3.8) is 0 Å². The standard InChI is InChI=1S/C14H19N5/c1-8-6-10(3)12(18-7-8)13(19-16)11-9(2)4-5-17-14(11)15/h4-7,13,19H,16H2,1-3H3,(H2,15,17). The van der Waals surface area contributed by atoms with Gasteiger partial charge in [-0.05, 0) is 43.5 Å². The van der Waals surface area contributed by atoms with Crippen molar-refractivity contribution >= 4 is 5.82 Å². The van der Waals surface area contributed by atoms with Crippen molar-refractivity contribution in [3.05, 3.63) is 52.5 Å². The number of nitrogens with zero attached hydrogens (tertiary/aromatic N) is 2. The van der Waals surface area contributed by atoms with E-state index in [1.165, 1.54) is 0 Å². The van der Waals surface area contributed by atoms with E-state index in [2.05, 4.69) is 21.5 Å². The minimum Gasteiger partial charge on any atom is -0.383 e. The fourth-order valence-electron chi connectivity index (χ4n) is 2.29. The third-order valence-electron chi connectivity index (χ3n) is 3.22. The minimum absolute atomic E-state index is 0.255. The monoisotopic (exact) mass is 257 g/mol. The number of hydrazine groups is 1. The maximum absolute atomic E-state index is 5.98. The van der Waals surface area contributed by atoms with Crippen LogP contribution in [0.3, 0.4) is 0 Å². The van der Waals surface area contributed by atoms with Gasteiger partial charge in [-0.1, -0.05) is 6.07 Å². The van der Waals surface area contributed by atoms with Crippen LogP contribution in [0.4, 0.5) is 5.82 Å². The van der Waals surface area contributed by atoms with Gasteiger partial charge in [-0.25, -0.2) is 10.4 Å². The Balaban J connectivity index is 2.56. The number of hydrogen-bond donors (Lipinski definition) is 3. The zero-order valence-electron chi connectivity index (χ0n) is 11.4. The molecule has 2 rings (SSSR count). The van der Waals surface area contributed by atoms with E-state index >= 15 is 0 Å². The molecule has 0 spiro atoms. The van der Waals surface area contributed by atoms with Crippen molar-refractivity contribution in [2.24, 2.45) is 5.84 Å². The molecule has 0 radical (unpaired) electrons. The molecule has 0 aromatic carbocycles. The fraction of sp³-hybridized carbons (Fsp3) is 0.286. The van der Waals surface area contributed by atoms with Gasteiger partial charge in [0.25, 0.3) is 0 Å². The molecule has 0 aliphatic heterocycles. The lowest BCUT2D eigenvalue weighted by Crippen LogP contribution is -2.31. The topological polar surface area (TPSA) is 89.8 Å². The summed E-state index contributed by atoms with van der Waals surface area (Å²) >= 11 is 0. The van der Waals surface area contributed by atoms with Crippen LogP contribution in [-0.2, 0) is 0 Å². The summed E-state index contributed by atoms with van der Waals surface area (Å²) in [4.78, 5) is 8.62. The van der Waals surface area contributed by atoms with Crippen LogP contribution in [0, 0.1) is 20.8 Å². The summed E-state index contributed by atoms with van der Waals surface area (Å²) in [7, 11) is 0. The predicted molar refractivity (Wildman–Crippen MR) is 76.3 cm³/mol. The Hall–Kier alpha value is -1.98. The van der Waals surface area contributed by atoms with E-state index < -0.39 is 0 Å². The summed E-state index contributed by atoms with van der Waals surface area (Å²) < 4.78 is 0. The molecule has 0 saturated carbocycles. The Morgan fingerprint density at radius 1 is 1.16 bits per heavy atom. The number of nitrogens with one attached hydrogen (secondary N) is 1. The first-order valence-corrected chi connectivity index (χ1v) is 6.15. The molecule has 0 aliphatic rings. The van der Waals surface area contributed by atoms with Crippen LogP contribution in [0.15, 0.2) is 24.5 Å². The van der Waals surface area contributed by atoms with Crippen molar-refractivity contribution in [1.29, 1.82) is 0 Å². The first-order chi connectivity index (χ1) is 9.04. The highest BCUT2D eigenvalue weighted by atomic mass is 15.2. The average Bonchev–Trinajstić information content (AvgIpc) is 2.35.